The average molecular weight is 474 g/mol. The largest absolute Gasteiger partial charge is 0.465 e. The number of para-hydroxylation sites is 1. The summed E-state index contributed by atoms with van der Waals surface area (Å²) < 4.78 is 26.1. The van der Waals surface area contributed by atoms with Crippen molar-refractivity contribution in [3.63, 3.8) is 0 Å². The summed E-state index contributed by atoms with van der Waals surface area (Å²) in [5, 5.41) is 3.64. The zero-order chi connectivity index (χ0) is 23.7. The Labute approximate surface area is 201 Å². The van der Waals surface area contributed by atoms with Crippen LogP contribution < -0.4 is 10.2 Å². The summed E-state index contributed by atoms with van der Waals surface area (Å²) in [5.41, 5.74) is 2.05. The number of carbonyl (C=O) groups is 1. The molecule has 3 heterocycles. The second-order valence-corrected chi connectivity index (χ2v) is 8.07. The zero-order valence-corrected chi connectivity index (χ0v) is 19.0. The predicted octanol–water partition coefficient (Wildman–Crippen LogP) is 5.44. The van der Waals surface area contributed by atoms with Crippen molar-refractivity contribution < 1.29 is 18.3 Å². The molecule has 4 aromatic rings. The molecule has 34 heavy (non-hydrogen) atoms. The van der Waals surface area contributed by atoms with Crippen LogP contribution in [0.15, 0.2) is 89.5 Å². The van der Waals surface area contributed by atoms with E-state index in [4.69, 9.17) is 21.4 Å². The lowest BCUT2D eigenvalue weighted by atomic mass is 10.0. The van der Waals surface area contributed by atoms with Crippen molar-refractivity contribution in [2.45, 2.75) is 12.1 Å². The minimum Gasteiger partial charge on any atom is -0.465 e. The number of anilines is 1. The Morgan fingerprint density at radius 1 is 1.06 bits per heavy atom. The molecule has 2 aromatic carbocycles. The van der Waals surface area contributed by atoms with E-state index in [2.05, 4.69) is 10.3 Å². The molecule has 0 radical (unpaired) electrons. The van der Waals surface area contributed by atoms with E-state index >= 15 is 0 Å². The normalized spacial score (nSPS) is 17.5. The second-order valence-electron chi connectivity index (χ2n) is 7.69. The molecule has 1 aliphatic rings. The summed E-state index contributed by atoms with van der Waals surface area (Å²) >= 11 is 5.62. The standard InChI is InChI=1S/C26H20FN3O3S/c1-32-25(31)17-9-3-2-8-16(17)21-13-14-22(33-21)24-23(19-11-6-7-15-28-19)29-26(34)30(24)20-12-5-4-10-18(20)27/h2-15,23-24H,1H3,(H,29,34)/t23-,24+/m0/s1. The van der Waals surface area contributed by atoms with Gasteiger partial charge in [-0.25, -0.2) is 9.18 Å². The van der Waals surface area contributed by atoms with Gasteiger partial charge < -0.3 is 19.4 Å². The first-order chi connectivity index (χ1) is 16.6. The topological polar surface area (TPSA) is 67.6 Å². The van der Waals surface area contributed by atoms with Gasteiger partial charge in [0.25, 0.3) is 0 Å². The third-order valence-corrected chi connectivity index (χ3v) is 6.04. The smallest absolute Gasteiger partial charge is 0.338 e. The van der Waals surface area contributed by atoms with Gasteiger partial charge in [-0.05, 0) is 54.7 Å². The monoisotopic (exact) mass is 473 g/mol. The van der Waals surface area contributed by atoms with Crippen LogP contribution in [-0.4, -0.2) is 23.2 Å². The number of rotatable bonds is 5. The van der Waals surface area contributed by atoms with Gasteiger partial charge in [-0.1, -0.05) is 36.4 Å². The van der Waals surface area contributed by atoms with E-state index in [1.807, 2.05) is 30.3 Å². The molecule has 1 N–H and O–H groups in total. The number of halogens is 1. The van der Waals surface area contributed by atoms with E-state index in [-0.39, 0.29) is 6.04 Å². The Morgan fingerprint density at radius 3 is 2.59 bits per heavy atom. The molecule has 1 aliphatic heterocycles. The van der Waals surface area contributed by atoms with Crippen molar-refractivity contribution >= 4 is 29.0 Å². The van der Waals surface area contributed by atoms with Crippen molar-refractivity contribution in [3.8, 4) is 11.3 Å². The van der Waals surface area contributed by atoms with Crippen molar-refractivity contribution in [2.24, 2.45) is 0 Å². The first-order valence-electron chi connectivity index (χ1n) is 10.6. The van der Waals surface area contributed by atoms with Crippen LogP contribution in [0, 0.1) is 5.82 Å². The van der Waals surface area contributed by atoms with Gasteiger partial charge in [0.05, 0.1) is 30.1 Å². The maximum atomic E-state index is 14.9. The van der Waals surface area contributed by atoms with Crippen molar-refractivity contribution in [3.05, 3.63) is 108 Å². The molecule has 170 valence electrons. The number of carbonyl (C=O) groups excluding carboxylic acids is 1. The molecule has 2 atom stereocenters. The highest BCUT2D eigenvalue weighted by Gasteiger charge is 2.43. The van der Waals surface area contributed by atoms with Crippen LogP contribution in [0.4, 0.5) is 10.1 Å². The van der Waals surface area contributed by atoms with Crippen molar-refractivity contribution in [2.75, 3.05) is 12.0 Å². The number of benzene rings is 2. The highest BCUT2D eigenvalue weighted by atomic mass is 32.1. The summed E-state index contributed by atoms with van der Waals surface area (Å²) in [6, 6.07) is 21.8. The van der Waals surface area contributed by atoms with Crippen LogP contribution >= 0.6 is 12.2 Å². The number of aromatic nitrogens is 1. The van der Waals surface area contributed by atoms with E-state index in [0.717, 1.165) is 5.69 Å². The van der Waals surface area contributed by atoms with Crippen molar-refractivity contribution in [1.29, 1.82) is 0 Å². The van der Waals surface area contributed by atoms with E-state index in [9.17, 15) is 9.18 Å². The maximum Gasteiger partial charge on any atom is 0.338 e. The number of nitrogens with one attached hydrogen (secondary N) is 1. The molecule has 0 spiro atoms. The number of nitrogens with zero attached hydrogens (tertiary/aromatic N) is 2. The zero-order valence-electron chi connectivity index (χ0n) is 18.1. The number of methoxy groups -OCH3 is 1. The average Bonchev–Trinajstić information content (AvgIpc) is 3.49. The Balaban J connectivity index is 1.62. The molecule has 0 aliphatic carbocycles. The van der Waals surface area contributed by atoms with Crippen LogP contribution in [0.25, 0.3) is 11.3 Å². The molecule has 1 saturated heterocycles. The lowest BCUT2D eigenvalue weighted by Crippen LogP contribution is -2.30. The number of hydrogen-bond donors (Lipinski definition) is 1. The van der Waals surface area contributed by atoms with Crippen LogP contribution in [0.2, 0.25) is 0 Å². The van der Waals surface area contributed by atoms with Crippen LogP contribution in [0.1, 0.15) is 33.9 Å². The number of pyridine rings is 1. The minimum absolute atomic E-state index is 0.330. The lowest BCUT2D eigenvalue weighted by molar-refractivity contribution is 0.0601. The molecule has 2 aromatic heterocycles. The molecule has 1 fully saturated rings. The third kappa shape index (κ3) is 3.82. The highest BCUT2D eigenvalue weighted by Crippen LogP contribution is 2.43. The Morgan fingerprint density at radius 2 is 1.82 bits per heavy atom. The van der Waals surface area contributed by atoms with Gasteiger partial charge in [0.15, 0.2) is 5.11 Å². The van der Waals surface area contributed by atoms with E-state index in [0.29, 0.717) is 33.4 Å². The summed E-state index contributed by atoms with van der Waals surface area (Å²) in [4.78, 5) is 18.5. The maximum absolute atomic E-state index is 14.9. The molecular formula is C26H20FN3O3S. The number of hydrogen-bond acceptors (Lipinski definition) is 5. The minimum atomic E-state index is -0.515. The fourth-order valence-electron chi connectivity index (χ4n) is 4.19. The van der Waals surface area contributed by atoms with Crippen molar-refractivity contribution in [1.82, 2.24) is 10.3 Å². The van der Waals surface area contributed by atoms with Gasteiger partial charge in [0.2, 0.25) is 0 Å². The number of thiocarbonyl (C=S) groups is 1. The fourth-order valence-corrected chi connectivity index (χ4v) is 4.53. The van der Waals surface area contributed by atoms with E-state index in [1.165, 1.54) is 13.2 Å². The molecular weight excluding hydrogens is 453 g/mol. The lowest BCUT2D eigenvalue weighted by Gasteiger charge is -2.26. The highest BCUT2D eigenvalue weighted by molar-refractivity contribution is 7.80. The fraction of sp³-hybridized carbons (Fsp3) is 0.115. The van der Waals surface area contributed by atoms with Gasteiger partial charge in [-0.2, -0.15) is 0 Å². The Hall–Kier alpha value is -4.04. The number of ether oxygens (including phenoxy) is 1. The second kappa shape index (κ2) is 9.07. The molecule has 0 bridgehead atoms. The third-order valence-electron chi connectivity index (χ3n) is 5.73. The first kappa shape index (κ1) is 21.8. The van der Waals surface area contributed by atoms with Gasteiger partial charge in [0.1, 0.15) is 23.4 Å². The SMILES string of the molecule is COC(=O)c1ccccc1-c1ccc([C@@H]2[C@H](c3ccccn3)NC(=S)N2c2ccccc2F)o1. The molecule has 8 heteroatoms. The van der Waals surface area contributed by atoms with Gasteiger partial charge in [0, 0.05) is 11.8 Å². The van der Waals surface area contributed by atoms with Gasteiger partial charge in [-0.3, -0.25) is 4.98 Å². The van der Waals surface area contributed by atoms with Crippen LogP contribution in [-0.2, 0) is 4.74 Å². The molecule has 5 rings (SSSR count). The molecule has 0 unspecified atom stereocenters. The number of furan rings is 1. The molecule has 6 nitrogen and oxygen atoms in total. The van der Waals surface area contributed by atoms with E-state index in [1.54, 1.807) is 53.6 Å². The van der Waals surface area contributed by atoms with Gasteiger partial charge in [-0.15, -0.1) is 0 Å². The predicted molar refractivity (Wildman–Crippen MR) is 130 cm³/mol. The van der Waals surface area contributed by atoms with Gasteiger partial charge >= 0.3 is 5.97 Å². The van der Waals surface area contributed by atoms with Crippen LogP contribution in [0.3, 0.4) is 0 Å². The van der Waals surface area contributed by atoms with Crippen LogP contribution in [0.5, 0.6) is 0 Å². The molecule has 0 amide bonds. The Kier molecular flexibility index (Phi) is 5.81. The quantitative estimate of drug-likeness (QED) is 0.306. The summed E-state index contributed by atoms with van der Waals surface area (Å²) in [6.07, 6.45) is 1.70. The summed E-state index contributed by atoms with van der Waals surface area (Å²) in [7, 11) is 1.33. The first-order valence-corrected chi connectivity index (χ1v) is 11.0. The number of esters is 1. The summed E-state index contributed by atoms with van der Waals surface area (Å²) in [5.74, 6) is 0.167. The summed E-state index contributed by atoms with van der Waals surface area (Å²) in [6.45, 7) is 0. The van der Waals surface area contributed by atoms with E-state index < -0.39 is 17.8 Å². The Bertz CT molecular complexity index is 1360. The molecule has 0 saturated carbocycles.